The Morgan fingerprint density at radius 2 is 1.94 bits per heavy atom. The number of methoxy groups -OCH3 is 1. The zero-order valence-electron chi connectivity index (χ0n) is 21.0. The lowest BCUT2D eigenvalue weighted by molar-refractivity contribution is 0.0663. The molecular weight excluding hydrogens is 456 g/mol. The summed E-state index contributed by atoms with van der Waals surface area (Å²) in [5.41, 5.74) is 4.95. The average Bonchev–Trinajstić information content (AvgIpc) is 3.54. The number of H-pyrrole nitrogens is 1. The highest BCUT2D eigenvalue weighted by Crippen LogP contribution is 2.20. The number of aromatic amines is 1. The van der Waals surface area contributed by atoms with Crippen molar-refractivity contribution in [3.05, 3.63) is 80.9 Å². The van der Waals surface area contributed by atoms with Crippen molar-refractivity contribution in [1.29, 1.82) is 0 Å². The lowest BCUT2D eigenvalue weighted by Crippen LogP contribution is -2.34. The van der Waals surface area contributed by atoms with Crippen LogP contribution in [0.5, 0.6) is 5.75 Å². The molecule has 0 aliphatic carbocycles. The Morgan fingerprint density at radius 3 is 2.69 bits per heavy atom. The van der Waals surface area contributed by atoms with Crippen molar-refractivity contribution >= 4 is 10.9 Å². The maximum atomic E-state index is 13.0. The molecule has 1 aliphatic heterocycles. The van der Waals surface area contributed by atoms with Gasteiger partial charge < -0.3 is 14.5 Å². The van der Waals surface area contributed by atoms with Crippen LogP contribution < -0.4 is 10.3 Å². The van der Waals surface area contributed by atoms with Gasteiger partial charge >= 0.3 is 0 Å². The van der Waals surface area contributed by atoms with E-state index in [-0.39, 0.29) is 11.7 Å². The lowest BCUT2D eigenvalue weighted by Gasteiger charge is -2.24. The van der Waals surface area contributed by atoms with Crippen LogP contribution >= 0.6 is 0 Å². The minimum atomic E-state index is -0.0686. The van der Waals surface area contributed by atoms with Crippen LogP contribution in [0.4, 0.5) is 0 Å². The molecule has 1 fully saturated rings. The van der Waals surface area contributed by atoms with Crippen LogP contribution in [0.2, 0.25) is 0 Å². The Labute approximate surface area is 210 Å². The summed E-state index contributed by atoms with van der Waals surface area (Å²) in [6.45, 7) is 7.17. The second kappa shape index (κ2) is 10.6. The summed E-state index contributed by atoms with van der Waals surface area (Å²) >= 11 is 0. The predicted octanol–water partition coefficient (Wildman–Crippen LogP) is 3.37. The van der Waals surface area contributed by atoms with Crippen LogP contribution in [0.3, 0.4) is 0 Å². The summed E-state index contributed by atoms with van der Waals surface area (Å²) in [4.78, 5) is 18.3. The number of aromatic nitrogens is 5. The molecule has 0 spiro atoms. The highest BCUT2D eigenvalue weighted by molar-refractivity contribution is 5.80. The first-order valence-electron chi connectivity index (χ1n) is 12.3. The van der Waals surface area contributed by atoms with Gasteiger partial charge in [0, 0.05) is 30.8 Å². The number of nitrogens with one attached hydrogen (secondary N) is 1. The van der Waals surface area contributed by atoms with E-state index in [1.807, 2.05) is 36.4 Å². The van der Waals surface area contributed by atoms with Gasteiger partial charge in [0.1, 0.15) is 5.75 Å². The summed E-state index contributed by atoms with van der Waals surface area (Å²) < 4.78 is 13.0. The second-order valence-electron chi connectivity index (χ2n) is 9.55. The van der Waals surface area contributed by atoms with E-state index in [9.17, 15) is 4.79 Å². The minimum Gasteiger partial charge on any atom is -0.497 e. The highest BCUT2D eigenvalue weighted by atomic mass is 16.5. The van der Waals surface area contributed by atoms with Gasteiger partial charge in [-0.05, 0) is 89.5 Å². The predicted molar refractivity (Wildman–Crippen MR) is 137 cm³/mol. The largest absolute Gasteiger partial charge is 0.497 e. The lowest BCUT2D eigenvalue weighted by atomic mass is 10.0. The Kier molecular flexibility index (Phi) is 7.11. The molecule has 1 aliphatic rings. The van der Waals surface area contributed by atoms with E-state index in [1.54, 1.807) is 11.8 Å². The van der Waals surface area contributed by atoms with E-state index in [1.165, 1.54) is 5.56 Å². The molecule has 1 N–H and O–H groups in total. The van der Waals surface area contributed by atoms with Crippen molar-refractivity contribution in [3.8, 4) is 5.75 Å². The van der Waals surface area contributed by atoms with Gasteiger partial charge in [-0.3, -0.25) is 9.69 Å². The van der Waals surface area contributed by atoms with E-state index >= 15 is 0 Å². The molecule has 2 aromatic carbocycles. The Balaban J connectivity index is 1.39. The number of hydrogen-bond acceptors (Lipinski definition) is 7. The number of pyridine rings is 1. The fraction of sp³-hybridized carbons (Fsp3) is 0.407. The van der Waals surface area contributed by atoms with Gasteiger partial charge in [-0.15, -0.1) is 5.10 Å². The molecule has 0 radical (unpaired) electrons. The van der Waals surface area contributed by atoms with E-state index in [4.69, 9.17) is 9.47 Å². The Bertz CT molecular complexity index is 1390. The molecule has 0 amide bonds. The second-order valence-corrected chi connectivity index (χ2v) is 9.55. The third-order valence-corrected chi connectivity index (χ3v) is 6.88. The SMILES string of the molecule is COc1ccc(Cn2nnnc2CN(Cc2cc3cc(C)c(C)cc3[nH]c2=O)C[C@@H]2CCCO2)cc1. The van der Waals surface area contributed by atoms with E-state index < -0.39 is 0 Å². The molecule has 9 nitrogen and oxygen atoms in total. The maximum absolute atomic E-state index is 13.0. The van der Waals surface area contributed by atoms with Crippen LogP contribution in [0.1, 0.15) is 40.9 Å². The van der Waals surface area contributed by atoms with Crippen molar-refractivity contribution < 1.29 is 9.47 Å². The molecule has 2 aromatic heterocycles. The number of benzene rings is 2. The van der Waals surface area contributed by atoms with Crippen LogP contribution in [-0.4, -0.2) is 56.5 Å². The van der Waals surface area contributed by atoms with E-state index in [0.29, 0.717) is 26.2 Å². The first-order chi connectivity index (χ1) is 17.5. The minimum absolute atomic E-state index is 0.0686. The summed E-state index contributed by atoms with van der Waals surface area (Å²) in [5.74, 6) is 1.55. The third-order valence-electron chi connectivity index (χ3n) is 6.88. The quantitative estimate of drug-likeness (QED) is 0.386. The van der Waals surface area contributed by atoms with Crippen molar-refractivity contribution in [2.45, 2.75) is 52.4 Å². The van der Waals surface area contributed by atoms with Gasteiger partial charge in [0.05, 0.1) is 26.3 Å². The zero-order chi connectivity index (χ0) is 25.1. The van der Waals surface area contributed by atoms with Gasteiger partial charge in [-0.25, -0.2) is 4.68 Å². The van der Waals surface area contributed by atoms with Gasteiger partial charge in [-0.2, -0.15) is 0 Å². The zero-order valence-corrected chi connectivity index (χ0v) is 21.0. The normalized spacial score (nSPS) is 15.7. The molecule has 0 unspecified atom stereocenters. The molecule has 0 bridgehead atoms. The number of hydrogen-bond donors (Lipinski definition) is 1. The number of aryl methyl sites for hydroxylation is 2. The summed E-state index contributed by atoms with van der Waals surface area (Å²) in [6.07, 6.45) is 2.21. The van der Waals surface area contributed by atoms with Crippen LogP contribution in [0.25, 0.3) is 10.9 Å². The number of tetrazole rings is 1. The van der Waals surface area contributed by atoms with Gasteiger partial charge in [-0.1, -0.05) is 12.1 Å². The Morgan fingerprint density at radius 1 is 1.14 bits per heavy atom. The van der Waals surface area contributed by atoms with Gasteiger partial charge in [0.15, 0.2) is 5.82 Å². The molecule has 4 aromatic rings. The van der Waals surface area contributed by atoms with Crippen LogP contribution in [-0.2, 0) is 24.4 Å². The molecule has 188 valence electrons. The molecule has 0 saturated carbocycles. The van der Waals surface area contributed by atoms with Gasteiger partial charge in [0.25, 0.3) is 5.56 Å². The number of fused-ring (bicyclic) bond motifs is 1. The highest BCUT2D eigenvalue weighted by Gasteiger charge is 2.22. The topological polar surface area (TPSA) is 98.2 Å². The Hall–Kier alpha value is -3.56. The fourth-order valence-electron chi connectivity index (χ4n) is 4.70. The van der Waals surface area contributed by atoms with Crippen molar-refractivity contribution in [1.82, 2.24) is 30.1 Å². The van der Waals surface area contributed by atoms with Crippen LogP contribution in [0, 0.1) is 13.8 Å². The summed E-state index contributed by atoms with van der Waals surface area (Å²) in [7, 11) is 1.65. The number of nitrogens with zero attached hydrogens (tertiary/aromatic N) is 5. The summed E-state index contributed by atoms with van der Waals surface area (Å²) in [5, 5.41) is 13.5. The molecular formula is C27H32N6O3. The van der Waals surface area contributed by atoms with Crippen molar-refractivity contribution in [2.24, 2.45) is 0 Å². The summed E-state index contributed by atoms with van der Waals surface area (Å²) in [6, 6.07) is 14.0. The maximum Gasteiger partial charge on any atom is 0.252 e. The molecule has 5 rings (SSSR count). The molecule has 1 atom stereocenters. The van der Waals surface area contributed by atoms with E-state index in [0.717, 1.165) is 58.6 Å². The van der Waals surface area contributed by atoms with Crippen LogP contribution in [0.15, 0.2) is 47.3 Å². The molecule has 9 heteroatoms. The third kappa shape index (κ3) is 5.47. The molecule has 3 heterocycles. The number of rotatable bonds is 9. The first kappa shape index (κ1) is 24.1. The van der Waals surface area contributed by atoms with Gasteiger partial charge in [0.2, 0.25) is 0 Å². The average molecular weight is 489 g/mol. The van der Waals surface area contributed by atoms with Crippen molar-refractivity contribution in [3.63, 3.8) is 0 Å². The standard InChI is InChI=1S/C27H32N6O3/c1-18-11-21-13-22(27(34)28-25(21)12-19(18)2)15-32(16-24-5-4-10-36-24)17-26-29-30-31-33(26)14-20-6-8-23(35-3)9-7-20/h6-9,11-13,24H,4-5,10,14-17H2,1-3H3,(H,28,34)/t24-/m0/s1. The monoisotopic (exact) mass is 488 g/mol. The van der Waals surface area contributed by atoms with Crippen molar-refractivity contribution in [2.75, 3.05) is 20.3 Å². The first-order valence-corrected chi connectivity index (χ1v) is 12.3. The molecule has 36 heavy (non-hydrogen) atoms. The fourth-order valence-corrected chi connectivity index (χ4v) is 4.70. The number of ether oxygens (including phenoxy) is 2. The molecule has 1 saturated heterocycles. The van der Waals surface area contributed by atoms with E-state index in [2.05, 4.69) is 45.3 Å². The smallest absolute Gasteiger partial charge is 0.252 e.